The molecule has 1 amide bonds. The lowest BCUT2D eigenvalue weighted by Gasteiger charge is -2.21. The van der Waals surface area contributed by atoms with Gasteiger partial charge in [-0.15, -0.1) is 0 Å². The van der Waals surface area contributed by atoms with Crippen molar-refractivity contribution in [2.45, 2.75) is 64.0 Å². The fourth-order valence-corrected chi connectivity index (χ4v) is 3.42. The van der Waals surface area contributed by atoms with Crippen LogP contribution in [-0.4, -0.2) is 35.6 Å². The van der Waals surface area contributed by atoms with Crippen LogP contribution in [-0.2, 0) is 9.59 Å². The number of carbonyl (C=O) groups is 2. The summed E-state index contributed by atoms with van der Waals surface area (Å²) in [5.41, 5.74) is 0. The number of hydrogen-bond donors (Lipinski definition) is 3. The topological polar surface area (TPSA) is 78.4 Å². The van der Waals surface area contributed by atoms with Gasteiger partial charge in [0.15, 0.2) is 0 Å². The first-order valence-electron chi connectivity index (χ1n) is 7.84. The third-order valence-electron chi connectivity index (χ3n) is 4.76. The van der Waals surface area contributed by atoms with Crippen LogP contribution in [0.5, 0.6) is 0 Å². The average molecular weight is 282 g/mol. The molecule has 0 aromatic carbocycles. The minimum Gasteiger partial charge on any atom is -0.481 e. The maximum atomic E-state index is 12.0. The van der Waals surface area contributed by atoms with Gasteiger partial charge in [-0.05, 0) is 45.1 Å². The smallest absolute Gasteiger partial charge is 0.306 e. The van der Waals surface area contributed by atoms with Crippen LogP contribution < -0.4 is 10.6 Å². The molecule has 0 aromatic rings. The second kappa shape index (κ2) is 7.07. The predicted octanol–water partition coefficient (Wildman–Crippen LogP) is 1.52. The van der Waals surface area contributed by atoms with E-state index in [1.165, 1.54) is 12.8 Å². The van der Waals surface area contributed by atoms with Crippen molar-refractivity contribution < 1.29 is 14.7 Å². The summed E-state index contributed by atoms with van der Waals surface area (Å²) in [6.07, 6.45) is 7.27. The molecule has 2 saturated carbocycles. The molecule has 3 N–H and O–H groups in total. The largest absolute Gasteiger partial charge is 0.481 e. The molecule has 0 saturated heterocycles. The monoisotopic (exact) mass is 282 g/mol. The summed E-state index contributed by atoms with van der Waals surface area (Å²) in [4.78, 5) is 23.1. The summed E-state index contributed by atoms with van der Waals surface area (Å²) < 4.78 is 0. The normalized spacial score (nSPS) is 28.4. The molecule has 2 aliphatic carbocycles. The summed E-state index contributed by atoms with van der Waals surface area (Å²) in [7, 11) is 0. The van der Waals surface area contributed by atoms with Crippen molar-refractivity contribution in [3.05, 3.63) is 0 Å². The molecule has 2 fully saturated rings. The third-order valence-corrected chi connectivity index (χ3v) is 4.76. The lowest BCUT2D eigenvalue weighted by molar-refractivity contribution is -0.142. The third kappa shape index (κ3) is 3.95. The second-order valence-electron chi connectivity index (χ2n) is 6.26. The molecule has 114 valence electrons. The highest BCUT2D eigenvalue weighted by molar-refractivity contribution is 5.81. The van der Waals surface area contributed by atoms with Crippen LogP contribution in [0.15, 0.2) is 0 Å². The zero-order valence-electron chi connectivity index (χ0n) is 12.2. The van der Waals surface area contributed by atoms with E-state index in [4.69, 9.17) is 5.11 Å². The maximum Gasteiger partial charge on any atom is 0.306 e. The molecule has 0 bridgehead atoms. The van der Waals surface area contributed by atoms with E-state index in [1.807, 2.05) is 6.92 Å². The van der Waals surface area contributed by atoms with Crippen molar-refractivity contribution in [2.24, 2.45) is 11.8 Å². The first-order chi connectivity index (χ1) is 9.58. The number of carboxylic acids is 1. The van der Waals surface area contributed by atoms with Crippen LogP contribution in [0.1, 0.15) is 51.9 Å². The minimum absolute atomic E-state index is 0.0433. The SMILES string of the molecule is CC(NCC1CCCC1C(=O)O)C(=O)NC1CCCC1. The van der Waals surface area contributed by atoms with E-state index < -0.39 is 5.97 Å². The predicted molar refractivity (Wildman–Crippen MR) is 76.3 cm³/mol. The zero-order valence-corrected chi connectivity index (χ0v) is 12.2. The van der Waals surface area contributed by atoms with Crippen LogP contribution in [0.3, 0.4) is 0 Å². The highest BCUT2D eigenvalue weighted by Gasteiger charge is 2.33. The second-order valence-corrected chi connectivity index (χ2v) is 6.26. The number of aliphatic carboxylic acids is 1. The van der Waals surface area contributed by atoms with Gasteiger partial charge in [0.1, 0.15) is 0 Å². The quantitative estimate of drug-likeness (QED) is 0.690. The Morgan fingerprint density at radius 2 is 1.85 bits per heavy atom. The molecular formula is C15H26N2O3. The van der Waals surface area contributed by atoms with E-state index in [2.05, 4.69) is 10.6 Å². The van der Waals surface area contributed by atoms with Gasteiger partial charge in [-0.25, -0.2) is 0 Å². The van der Waals surface area contributed by atoms with E-state index in [1.54, 1.807) is 0 Å². The molecule has 0 aromatic heterocycles. The van der Waals surface area contributed by atoms with Gasteiger partial charge in [-0.1, -0.05) is 19.3 Å². The zero-order chi connectivity index (χ0) is 14.5. The summed E-state index contributed by atoms with van der Waals surface area (Å²) in [5.74, 6) is -0.735. The summed E-state index contributed by atoms with van der Waals surface area (Å²) in [6.45, 7) is 2.48. The number of hydrogen-bond acceptors (Lipinski definition) is 3. The van der Waals surface area contributed by atoms with Crippen LogP contribution >= 0.6 is 0 Å². The Morgan fingerprint density at radius 1 is 1.15 bits per heavy atom. The van der Waals surface area contributed by atoms with E-state index in [-0.39, 0.29) is 23.8 Å². The molecule has 20 heavy (non-hydrogen) atoms. The van der Waals surface area contributed by atoms with Gasteiger partial charge in [0.25, 0.3) is 0 Å². The van der Waals surface area contributed by atoms with Crippen LogP contribution in [0, 0.1) is 11.8 Å². The summed E-state index contributed by atoms with van der Waals surface area (Å²) in [5, 5.41) is 15.4. The standard InChI is InChI=1S/C15H26N2O3/c1-10(14(18)17-12-6-2-3-7-12)16-9-11-5-4-8-13(11)15(19)20/h10-13,16H,2-9H2,1H3,(H,17,18)(H,19,20). The van der Waals surface area contributed by atoms with Gasteiger partial charge in [-0.3, -0.25) is 9.59 Å². The first-order valence-corrected chi connectivity index (χ1v) is 7.84. The molecule has 2 aliphatic rings. The Hall–Kier alpha value is -1.10. The molecule has 3 atom stereocenters. The lowest BCUT2D eigenvalue weighted by Crippen LogP contribution is -2.47. The van der Waals surface area contributed by atoms with Crippen molar-refractivity contribution in [3.8, 4) is 0 Å². The number of carboxylic acid groups (broad SMARTS) is 1. The highest BCUT2D eigenvalue weighted by Crippen LogP contribution is 2.31. The average Bonchev–Trinajstić information content (AvgIpc) is 3.06. The van der Waals surface area contributed by atoms with Crippen molar-refractivity contribution in [3.63, 3.8) is 0 Å². The minimum atomic E-state index is -0.697. The molecule has 3 unspecified atom stereocenters. The Balaban J connectivity index is 1.72. The Labute approximate surface area is 120 Å². The van der Waals surface area contributed by atoms with Gasteiger partial charge < -0.3 is 15.7 Å². The van der Waals surface area contributed by atoms with Crippen LogP contribution in [0.4, 0.5) is 0 Å². The fraction of sp³-hybridized carbons (Fsp3) is 0.867. The molecular weight excluding hydrogens is 256 g/mol. The number of amides is 1. The lowest BCUT2D eigenvalue weighted by atomic mass is 9.96. The summed E-state index contributed by atoms with van der Waals surface area (Å²) in [6, 6.07) is 0.0932. The van der Waals surface area contributed by atoms with E-state index >= 15 is 0 Å². The number of nitrogens with one attached hydrogen (secondary N) is 2. The molecule has 0 radical (unpaired) electrons. The number of rotatable bonds is 6. The molecule has 2 rings (SSSR count). The van der Waals surface area contributed by atoms with Crippen molar-refractivity contribution in [2.75, 3.05) is 6.54 Å². The van der Waals surface area contributed by atoms with E-state index in [0.717, 1.165) is 32.1 Å². The molecule has 0 spiro atoms. The Kier molecular flexibility index (Phi) is 5.40. The van der Waals surface area contributed by atoms with Gasteiger partial charge in [-0.2, -0.15) is 0 Å². The van der Waals surface area contributed by atoms with Crippen LogP contribution in [0.25, 0.3) is 0 Å². The summed E-state index contributed by atoms with van der Waals surface area (Å²) >= 11 is 0. The van der Waals surface area contributed by atoms with Gasteiger partial charge >= 0.3 is 5.97 Å². The Morgan fingerprint density at radius 3 is 2.50 bits per heavy atom. The van der Waals surface area contributed by atoms with E-state index in [0.29, 0.717) is 12.6 Å². The van der Waals surface area contributed by atoms with Crippen molar-refractivity contribution >= 4 is 11.9 Å². The van der Waals surface area contributed by atoms with Crippen LogP contribution in [0.2, 0.25) is 0 Å². The van der Waals surface area contributed by atoms with Crippen molar-refractivity contribution in [1.82, 2.24) is 10.6 Å². The number of carbonyl (C=O) groups excluding carboxylic acids is 1. The first kappa shape index (κ1) is 15.3. The van der Waals surface area contributed by atoms with Gasteiger partial charge in [0.05, 0.1) is 12.0 Å². The maximum absolute atomic E-state index is 12.0. The fourth-order valence-electron chi connectivity index (χ4n) is 3.42. The molecule has 0 aliphatic heterocycles. The van der Waals surface area contributed by atoms with Gasteiger partial charge in [0, 0.05) is 6.04 Å². The Bertz CT molecular complexity index is 353. The highest BCUT2D eigenvalue weighted by atomic mass is 16.4. The van der Waals surface area contributed by atoms with Gasteiger partial charge in [0.2, 0.25) is 5.91 Å². The molecule has 0 heterocycles. The van der Waals surface area contributed by atoms with Crippen molar-refractivity contribution in [1.29, 1.82) is 0 Å². The molecule has 5 nitrogen and oxygen atoms in total. The molecule has 5 heteroatoms. The van der Waals surface area contributed by atoms with E-state index in [9.17, 15) is 9.59 Å².